The number of pyridine rings is 1. The van der Waals surface area contributed by atoms with Crippen LogP contribution in [0.2, 0.25) is 0 Å². The predicted octanol–water partition coefficient (Wildman–Crippen LogP) is 4.57. The molecule has 1 aliphatic rings. The monoisotopic (exact) mass is 465 g/mol. The summed E-state index contributed by atoms with van der Waals surface area (Å²) in [5.74, 6) is -4.12. The number of nitrogens with zero attached hydrogens (tertiary/aromatic N) is 4. The molecule has 1 aromatic carbocycles. The predicted molar refractivity (Wildman–Crippen MR) is 113 cm³/mol. The van der Waals surface area contributed by atoms with E-state index in [1.807, 2.05) is 0 Å². The van der Waals surface area contributed by atoms with Gasteiger partial charge in [-0.2, -0.15) is 4.98 Å². The molecule has 3 heterocycles. The second-order valence-electron chi connectivity index (χ2n) is 8.83. The van der Waals surface area contributed by atoms with Gasteiger partial charge in [0, 0.05) is 23.9 Å². The van der Waals surface area contributed by atoms with E-state index in [0.29, 0.717) is 6.42 Å². The maximum atomic E-state index is 14.8. The van der Waals surface area contributed by atoms with Gasteiger partial charge in [0.2, 0.25) is 5.95 Å². The van der Waals surface area contributed by atoms with Crippen molar-refractivity contribution in [3.63, 3.8) is 0 Å². The Morgan fingerprint density at radius 3 is 2.61 bits per heavy atom. The largest absolute Gasteiger partial charge is 0.444 e. The van der Waals surface area contributed by atoms with Gasteiger partial charge in [0.05, 0.1) is 12.6 Å². The molecule has 3 aromatic rings. The van der Waals surface area contributed by atoms with E-state index in [9.17, 15) is 22.4 Å². The summed E-state index contributed by atoms with van der Waals surface area (Å²) in [6.07, 6.45) is -0.137. The molecule has 0 radical (unpaired) electrons. The van der Waals surface area contributed by atoms with Crippen LogP contribution in [0.5, 0.6) is 0 Å². The molecule has 1 amide bonds. The summed E-state index contributed by atoms with van der Waals surface area (Å²) in [7, 11) is 0. The maximum absolute atomic E-state index is 14.8. The highest BCUT2D eigenvalue weighted by molar-refractivity contribution is 5.78. The van der Waals surface area contributed by atoms with Gasteiger partial charge in [-0.25, -0.2) is 26.9 Å². The number of hydrogen-bond acceptors (Lipinski definition) is 5. The fraction of sp³-hybridized carbons (Fsp3) is 0.409. The summed E-state index contributed by atoms with van der Waals surface area (Å²) >= 11 is 0. The Labute approximate surface area is 187 Å². The van der Waals surface area contributed by atoms with Gasteiger partial charge in [0.15, 0.2) is 23.1 Å². The standard InChI is InChI=1S/C22H23F4N5O2/c1-22(2,3)33-21(32)30-10-8-16(15(24)11-30)27-20-28-19-13(5-4-9-31(19)29-20)12-6-7-14(23)18(26)17(12)25/h4-7,9,15-16H,8,10-11H2,1-3H3,(H,27,29). The summed E-state index contributed by atoms with van der Waals surface area (Å²) in [5.41, 5.74) is -0.465. The first-order valence-corrected chi connectivity index (χ1v) is 10.4. The number of aromatic nitrogens is 3. The van der Waals surface area contributed by atoms with Crippen molar-refractivity contribution in [2.24, 2.45) is 0 Å². The second-order valence-corrected chi connectivity index (χ2v) is 8.83. The van der Waals surface area contributed by atoms with Crippen molar-refractivity contribution in [1.82, 2.24) is 19.5 Å². The summed E-state index contributed by atoms with van der Waals surface area (Å²) in [6, 6.07) is 4.34. The number of alkyl halides is 1. The summed E-state index contributed by atoms with van der Waals surface area (Å²) in [6.45, 7) is 5.35. The van der Waals surface area contributed by atoms with Gasteiger partial charge in [-0.05, 0) is 51.5 Å². The zero-order valence-corrected chi connectivity index (χ0v) is 18.3. The summed E-state index contributed by atoms with van der Waals surface area (Å²) in [4.78, 5) is 17.8. The van der Waals surface area contributed by atoms with Gasteiger partial charge < -0.3 is 15.0 Å². The molecule has 0 aliphatic carbocycles. The molecule has 1 N–H and O–H groups in total. The Balaban J connectivity index is 1.53. The fourth-order valence-corrected chi connectivity index (χ4v) is 3.64. The number of fused-ring (bicyclic) bond motifs is 1. The Morgan fingerprint density at radius 1 is 1.15 bits per heavy atom. The lowest BCUT2D eigenvalue weighted by Gasteiger charge is -2.35. The first-order chi connectivity index (χ1) is 15.5. The molecule has 1 aliphatic heterocycles. The molecule has 2 unspecified atom stereocenters. The van der Waals surface area contributed by atoms with Crippen molar-refractivity contribution in [3.8, 4) is 11.1 Å². The minimum Gasteiger partial charge on any atom is -0.444 e. The van der Waals surface area contributed by atoms with E-state index in [0.717, 1.165) is 12.1 Å². The smallest absolute Gasteiger partial charge is 0.410 e. The molecule has 33 heavy (non-hydrogen) atoms. The van der Waals surface area contributed by atoms with Crippen molar-refractivity contribution < 1.29 is 27.1 Å². The Kier molecular flexibility index (Phi) is 5.89. The Hall–Kier alpha value is -3.37. The zero-order chi connectivity index (χ0) is 23.9. The quantitative estimate of drug-likeness (QED) is 0.453. The molecule has 0 saturated carbocycles. The van der Waals surface area contributed by atoms with Gasteiger partial charge in [0.25, 0.3) is 0 Å². The first-order valence-electron chi connectivity index (χ1n) is 10.4. The zero-order valence-electron chi connectivity index (χ0n) is 18.3. The van der Waals surface area contributed by atoms with Crippen LogP contribution in [0.25, 0.3) is 16.8 Å². The number of carbonyl (C=O) groups is 1. The number of benzene rings is 1. The minimum atomic E-state index is -1.58. The minimum absolute atomic E-state index is 0.0869. The van der Waals surface area contributed by atoms with Crippen molar-refractivity contribution >= 4 is 17.7 Å². The SMILES string of the molecule is CC(C)(C)OC(=O)N1CCC(Nc2nc3c(-c4ccc(F)c(F)c4F)cccn3n2)C(F)C1. The summed E-state index contributed by atoms with van der Waals surface area (Å²) in [5, 5.41) is 7.15. The number of amides is 1. The topological polar surface area (TPSA) is 71.8 Å². The number of carbonyl (C=O) groups excluding carboxylic acids is 1. The number of ether oxygens (including phenoxy) is 1. The molecule has 176 valence electrons. The lowest BCUT2D eigenvalue weighted by atomic mass is 10.0. The number of nitrogens with one attached hydrogen (secondary N) is 1. The molecular weight excluding hydrogens is 442 g/mol. The molecule has 7 nitrogen and oxygen atoms in total. The highest BCUT2D eigenvalue weighted by Gasteiger charge is 2.34. The third-order valence-corrected chi connectivity index (χ3v) is 5.20. The molecule has 11 heteroatoms. The van der Waals surface area contributed by atoms with E-state index in [1.54, 1.807) is 33.0 Å². The number of piperidine rings is 1. The maximum Gasteiger partial charge on any atom is 0.410 e. The molecule has 1 fully saturated rings. The second kappa shape index (κ2) is 8.53. The molecule has 2 aromatic heterocycles. The average molecular weight is 465 g/mol. The summed E-state index contributed by atoms with van der Waals surface area (Å²) < 4.78 is 62.8. The number of rotatable bonds is 3. The van der Waals surface area contributed by atoms with E-state index in [4.69, 9.17) is 4.74 Å². The highest BCUT2D eigenvalue weighted by atomic mass is 19.2. The Morgan fingerprint density at radius 2 is 1.91 bits per heavy atom. The van der Waals surface area contributed by atoms with Crippen molar-refractivity contribution in [2.75, 3.05) is 18.4 Å². The van der Waals surface area contributed by atoms with Crippen molar-refractivity contribution in [3.05, 3.63) is 47.9 Å². The van der Waals surface area contributed by atoms with Crippen LogP contribution in [-0.2, 0) is 4.74 Å². The molecular formula is C22H23F4N5O2. The van der Waals surface area contributed by atoms with Crippen LogP contribution in [0, 0.1) is 17.5 Å². The number of likely N-dealkylation sites (tertiary alicyclic amines) is 1. The fourth-order valence-electron chi connectivity index (χ4n) is 3.64. The molecule has 4 rings (SSSR count). The average Bonchev–Trinajstić information content (AvgIpc) is 3.15. The van der Waals surface area contributed by atoms with Crippen molar-refractivity contribution in [2.45, 2.75) is 45.0 Å². The van der Waals surface area contributed by atoms with E-state index in [-0.39, 0.29) is 35.8 Å². The molecule has 0 bridgehead atoms. The molecule has 1 saturated heterocycles. The van der Waals surface area contributed by atoms with E-state index in [1.165, 1.54) is 15.5 Å². The normalized spacial score (nSPS) is 19.1. The number of anilines is 1. The van der Waals surface area contributed by atoms with E-state index in [2.05, 4.69) is 15.4 Å². The van der Waals surface area contributed by atoms with Crippen molar-refractivity contribution in [1.29, 1.82) is 0 Å². The Bertz CT molecular complexity index is 1190. The van der Waals surface area contributed by atoms with Crippen LogP contribution in [0.4, 0.5) is 28.3 Å². The van der Waals surface area contributed by atoms with E-state index >= 15 is 0 Å². The molecule has 2 atom stereocenters. The van der Waals surface area contributed by atoms with Gasteiger partial charge in [-0.1, -0.05) is 0 Å². The van der Waals surface area contributed by atoms with Gasteiger partial charge in [-0.3, -0.25) is 0 Å². The van der Waals surface area contributed by atoms with Gasteiger partial charge >= 0.3 is 6.09 Å². The van der Waals surface area contributed by atoms with Crippen LogP contribution < -0.4 is 5.32 Å². The van der Waals surface area contributed by atoms with Crippen LogP contribution in [-0.4, -0.2) is 56.5 Å². The highest BCUT2D eigenvalue weighted by Crippen LogP contribution is 2.29. The number of hydrogen-bond donors (Lipinski definition) is 1. The van der Waals surface area contributed by atoms with Gasteiger partial charge in [0.1, 0.15) is 11.8 Å². The third-order valence-electron chi connectivity index (χ3n) is 5.20. The van der Waals surface area contributed by atoms with Gasteiger partial charge in [-0.15, -0.1) is 5.10 Å². The number of halogens is 4. The lowest BCUT2D eigenvalue weighted by molar-refractivity contribution is 0.0125. The van der Waals surface area contributed by atoms with E-state index < -0.39 is 41.4 Å². The van der Waals surface area contributed by atoms with Crippen LogP contribution in [0.1, 0.15) is 27.2 Å². The molecule has 0 spiro atoms. The lowest BCUT2D eigenvalue weighted by Crippen LogP contribution is -2.51. The van der Waals surface area contributed by atoms with Crippen LogP contribution in [0.15, 0.2) is 30.5 Å². The van der Waals surface area contributed by atoms with Crippen LogP contribution >= 0.6 is 0 Å². The van der Waals surface area contributed by atoms with Crippen LogP contribution in [0.3, 0.4) is 0 Å². The first kappa shape index (κ1) is 22.8. The third kappa shape index (κ3) is 4.71.